The zero-order valence-electron chi connectivity index (χ0n) is 7.37. The van der Waals surface area contributed by atoms with Gasteiger partial charge in [0.05, 0.1) is 11.4 Å². The molecule has 3 N–H and O–H groups in total. The molecule has 72 valence electrons. The maximum atomic E-state index is 7.22. The molecule has 2 aromatic rings. The van der Waals surface area contributed by atoms with Gasteiger partial charge in [-0.2, -0.15) is 0 Å². The van der Waals surface area contributed by atoms with Crippen molar-refractivity contribution in [3.8, 4) is 0 Å². The summed E-state index contributed by atoms with van der Waals surface area (Å²) in [5, 5.41) is 7.69. The zero-order chi connectivity index (χ0) is 10.1. The summed E-state index contributed by atoms with van der Waals surface area (Å²) >= 11 is 5.86. The van der Waals surface area contributed by atoms with E-state index >= 15 is 0 Å². The number of rotatable bonds is 2. The first kappa shape index (κ1) is 9.02. The van der Waals surface area contributed by atoms with Crippen LogP contribution in [-0.4, -0.2) is 15.2 Å². The van der Waals surface area contributed by atoms with Crippen LogP contribution >= 0.6 is 11.6 Å². The molecule has 14 heavy (non-hydrogen) atoms. The second kappa shape index (κ2) is 3.31. The van der Waals surface area contributed by atoms with E-state index in [4.69, 9.17) is 22.7 Å². The first-order chi connectivity index (χ1) is 6.68. The molecule has 4 nitrogen and oxygen atoms in total. The highest BCUT2D eigenvalue weighted by molar-refractivity contribution is 6.32. The predicted octanol–water partition coefficient (Wildman–Crippen LogP) is 1.47. The molecular weight excluding hydrogens is 200 g/mol. The van der Waals surface area contributed by atoms with Gasteiger partial charge in [-0.3, -0.25) is 5.41 Å². The standard InChI is InChI=1S/C9H9ClN4/c10-9-7-3-1-2-6(4-8(11)12)14(7)5-13-9/h1-3,5H,4H2,(H3,11,12). The Kier molecular flexibility index (Phi) is 2.13. The molecule has 5 heteroatoms. The molecule has 0 radical (unpaired) electrons. The summed E-state index contributed by atoms with van der Waals surface area (Å²) in [5.41, 5.74) is 7.09. The SMILES string of the molecule is N=C(N)Cc1cccc2c(Cl)ncn12. The molecule has 0 amide bonds. The van der Waals surface area contributed by atoms with Gasteiger partial charge in [0.15, 0.2) is 5.15 Å². The van der Waals surface area contributed by atoms with Crippen LogP contribution in [0.5, 0.6) is 0 Å². The van der Waals surface area contributed by atoms with Gasteiger partial charge in [0.2, 0.25) is 0 Å². The molecule has 2 aromatic heterocycles. The van der Waals surface area contributed by atoms with Crippen molar-refractivity contribution in [1.82, 2.24) is 9.38 Å². The number of amidine groups is 1. The highest BCUT2D eigenvalue weighted by atomic mass is 35.5. The molecule has 0 aliphatic rings. The molecular formula is C9H9ClN4. The van der Waals surface area contributed by atoms with Gasteiger partial charge >= 0.3 is 0 Å². The van der Waals surface area contributed by atoms with Gasteiger partial charge in [-0.25, -0.2) is 4.98 Å². The van der Waals surface area contributed by atoms with Gasteiger partial charge in [-0.15, -0.1) is 0 Å². The normalized spacial score (nSPS) is 10.6. The Morgan fingerprint density at radius 1 is 1.57 bits per heavy atom. The molecule has 2 heterocycles. The van der Waals surface area contributed by atoms with E-state index in [1.165, 1.54) is 0 Å². The third-order valence-electron chi connectivity index (χ3n) is 1.98. The number of fused-ring (bicyclic) bond motifs is 1. The van der Waals surface area contributed by atoms with Crippen molar-refractivity contribution in [2.24, 2.45) is 5.73 Å². The van der Waals surface area contributed by atoms with E-state index in [0.29, 0.717) is 11.6 Å². The van der Waals surface area contributed by atoms with Crippen molar-refractivity contribution < 1.29 is 0 Å². The van der Waals surface area contributed by atoms with Crippen LogP contribution in [0.2, 0.25) is 5.15 Å². The minimum Gasteiger partial charge on any atom is -0.387 e. The third kappa shape index (κ3) is 1.44. The van der Waals surface area contributed by atoms with Crippen molar-refractivity contribution in [3.05, 3.63) is 35.4 Å². The van der Waals surface area contributed by atoms with Crippen molar-refractivity contribution in [3.63, 3.8) is 0 Å². The minimum atomic E-state index is 0.127. The van der Waals surface area contributed by atoms with E-state index in [9.17, 15) is 0 Å². The molecule has 0 spiro atoms. The van der Waals surface area contributed by atoms with Crippen molar-refractivity contribution in [1.29, 1.82) is 5.41 Å². The highest BCUT2D eigenvalue weighted by Gasteiger charge is 2.05. The molecule has 0 aromatic carbocycles. The monoisotopic (exact) mass is 208 g/mol. The molecule has 0 bridgehead atoms. The molecule has 0 unspecified atom stereocenters. The van der Waals surface area contributed by atoms with Crippen LogP contribution in [0.4, 0.5) is 0 Å². The zero-order valence-corrected chi connectivity index (χ0v) is 8.12. The van der Waals surface area contributed by atoms with Crippen LogP contribution in [0.1, 0.15) is 5.69 Å². The highest BCUT2D eigenvalue weighted by Crippen LogP contribution is 2.16. The number of imidazole rings is 1. The quantitative estimate of drug-likeness (QED) is 0.580. The number of aromatic nitrogens is 2. The number of pyridine rings is 1. The maximum absolute atomic E-state index is 7.22. The second-order valence-corrected chi connectivity index (χ2v) is 3.37. The van der Waals surface area contributed by atoms with Gasteiger partial charge in [0.25, 0.3) is 0 Å². The van der Waals surface area contributed by atoms with Crippen LogP contribution in [0.15, 0.2) is 24.5 Å². The summed E-state index contributed by atoms with van der Waals surface area (Å²) in [6.07, 6.45) is 2.04. The molecule has 0 fully saturated rings. The molecule has 2 rings (SSSR count). The average molecular weight is 209 g/mol. The van der Waals surface area contributed by atoms with Crippen molar-refractivity contribution in [2.75, 3.05) is 0 Å². The van der Waals surface area contributed by atoms with E-state index in [1.807, 2.05) is 22.6 Å². The summed E-state index contributed by atoms with van der Waals surface area (Å²) in [6, 6.07) is 5.65. The van der Waals surface area contributed by atoms with Gasteiger partial charge in [-0.1, -0.05) is 17.7 Å². The van der Waals surface area contributed by atoms with E-state index in [0.717, 1.165) is 11.2 Å². The fourth-order valence-electron chi connectivity index (χ4n) is 1.38. The Hall–Kier alpha value is -1.55. The fraction of sp³-hybridized carbons (Fsp3) is 0.111. The summed E-state index contributed by atoms with van der Waals surface area (Å²) in [4.78, 5) is 3.98. The van der Waals surface area contributed by atoms with Crippen LogP contribution in [-0.2, 0) is 6.42 Å². The van der Waals surface area contributed by atoms with Gasteiger partial charge in [0.1, 0.15) is 6.33 Å². The van der Waals surface area contributed by atoms with Gasteiger partial charge in [-0.05, 0) is 12.1 Å². The Morgan fingerprint density at radius 2 is 2.36 bits per heavy atom. The fourth-order valence-corrected chi connectivity index (χ4v) is 1.58. The van der Waals surface area contributed by atoms with Crippen molar-refractivity contribution in [2.45, 2.75) is 6.42 Å². The van der Waals surface area contributed by atoms with Crippen molar-refractivity contribution >= 4 is 23.0 Å². The molecule has 0 aliphatic heterocycles. The van der Waals surface area contributed by atoms with Crippen LogP contribution in [0, 0.1) is 5.41 Å². The Morgan fingerprint density at radius 3 is 3.07 bits per heavy atom. The second-order valence-electron chi connectivity index (χ2n) is 3.01. The lowest BCUT2D eigenvalue weighted by atomic mass is 10.2. The summed E-state index contributed by atoms with van der Waals surface area (Å²) in [5.74, 6) is 0.127. The lowest BCUT2D eigenvalue weighted by Gasteiger charge is -2.03. The molecule has 0 atom stereocenters. The first-order valence-corrected chi connectivity index (χ1v) is 4.49. The topological polar surface area (TPSA) is 67.2 Å². The summed E-state index contributed by atoms with van der Waals surface area (Å²) < 4.78 is 1.84. The lowest BCUT2D eigenvalue weighted by molar-refractivity contribution is 1.03. The molecule has 0 saturated carbocycles. The number of hydrogen-bond acceptors (Lipinski definition) is 2. The maximum Gasteiger partial charge on any atom is 0.154 e. The Bertz CT molecular complexity index is 489. The summed E-state index contributed by atoms with van der Waals surface area (Å²) in [6.45, 7) is 0. The van der Waals surface area contributed by atoms with E-state index in [1.54, 1.807) is 6.33 Å². The van der Waals surface area contributed by atoms with Crippen LogP contribution in [0.3, 0.4) is 0 Å². The first-order valence-electron chi connectivity index (χ1n) is 4.12. The van der Waals surface area contributed by atoms with E-state index in [-0.39, 0.29) is 5.84 Å². The van der Waals surface area contributed by atoms with Gasteiger partial charge in [0, 0.05) is 12.1 Å². The Balaban J connectivity index is 2.59. The number of nitrogens with one attached hydrogen (secondary N) is 1. The predicted molar refractivity (Wildman–Crippen MR) is 55.8 cm³/mol. The molecule has 0 saturated heterocycles. The smallest absolute Gasteiger partial charge is 0.154 e. The lowest BCUT2D eigenvalue weighted by Crippen LogP contribution is -2.14. The third-order valence-corrected chi connectivity index (χ3v) is 2.27. The largest absolute Gasteiger partial charge is 0.387 e. The number of nitrogens with two attached hydrogens (primary N) is 1. The minimum absolute atomic E-state index is 0.127. The van der Waals surface area contributed by atoms with Crippen LogP contribution < -0.4 is 5.73 Å². The number of nitrogens with zero attached hydrogens (tertiary/aromatic N) is 2. The molecule has 0 aliphatic carbocycles. The van der Waals surface area contributed by atoms with E-state index in [2.05, 4.69) is 4.98 Å². The number of halogens is 1. The van der Waals surface area contributed by atoms with Gasteiger partial charge < -0.3 is 10.1 Å². The Labute approximate surface area is 85.8 Å². The summed E-state index contributed by atoms with van der Waals surface area (Å²) in [7, 11) is 0. The van der Waals surface area contributed by atoms with Crippen LogP contribution in [0.25, 0.3) is 5.52 Å². The number of hydrogen-bond donors (Lipinski definition) is 2. The average Bonchev–Trinajstić information content (AvgIpc) is 2.49. The van der Waals surface area contributed by atoms with E-state index < -0.39 is 0 Å².